The molecule has 4 saturated heterocycles. The standard InChI is InChI=1S/C16H26O6/c1-15(5-17-6-15)9-21-11-3-19-14-12(4-20-13(11)14)22-10-16(2)7-18-8-16/h11-14H,3-10H2,1-2H3. The van der Waals surface area contributed by atoms with Gasteiger partial charge in [0.25, 0.3) is 0 Å². The van der Waals surface area contributed by atoms with Crippen LogP contribution in [0.5, 0.6) is 0 Å². The maximum absolute atomic E-state index is 6.04. The monoisotopic (exact) mass is 314 g/mol. The summed E-state index contributed by atoms with van der Waals surface area (Å²) >= 11 is 0. The Balaban J connectivity index is 1.26. The van der Waals surface area contributed by atoms with E-state index < -0.39 is 0 Å². The zero-order valence-corrected chi connectivity index (χ0v) is 13.4. The SMILES string of the molecule is CC1(COC2COC3C(OCC4(C)COC4)COC23)COC1. The first-order valence-electron chi connectivity index (χ1n) is 8.19. The van der Waals surface area contributed by atoms with Gasteiger partial charge in [-0.05, 0) is 0 Å². The lowest BCUT2D eigenvalue weighted by molar-refractivity contribution is -0.162. The molecule has 4 aliphatic heterocycles. The van der Waals surface area contributed by atoms with Crippen molar-refractivity contribution in [2.24, 2.45) is 10.8 Å². The van der Waals surface area contributed by atoms with Crippen LogP contribution in [0.3, 0.4) is 0 Å². The first kappa shape index (κ1) is 15.3. The molecule has 4 aliphatic rings. The van der Waals surface area contributed by atoms with E-state index in [1.807, 2.05) is 0 Å². The van der Waals surface area contributed by atoms with Gasteiger partial charge in [0.15, 0.2) is 0 Å². The van der Waals surface area contributed by atoms with E-state index in [1.54, 1.807) is 0 Å². The molecule has 0 radical (unpaired) electrons. The largest absolute Gasteiger partial charge is 0.380 e. The van der Waals surface area contributed by atoms with Crippen LogP contribution in [0.2, 0.25) is 0 Å². The lowest BCUT2D eigenvalue weighted by atomic mass is 9.90. The smallest absolute Gasteiger partial charge is 0.115 e. The summed E-state index contributed by atoms with van der Waals surface area (Å²) in [6, 6.07) is 0. The molecule has 126 valence electrons. The van der Waals surface area contributed by atoms with Crippen LogP contribution in [-0.2, 0) is 28.4 Å². The lowest BCUT2D eigenvalue weighted by Gasteiger charge is -2.38. The van der Waals surface area contributed by atoms with Crippen molar-refractivity contribution < 1.29 is 28.4 Å². The highest BCUT2D eigenvalue weighted by Crippen LogP contribution is 2.35. The van der Waals surface area contributed by atoms with Gasteiger partial charge in [0.1, 0.15) is 24.4 Å². The minimum Gasteiger partial charge on any atom is -0.380 e. The highest BCUT2D eigenvalue weighted by molar-refractivity contribution is 4.97. The molecule has 0 aromatic heterocycles. The molecule has 4 unspecified atom stereocenters. The number of fused-ring (bicyclic) bond motifs is 1. The van der Waals surface area contributed by atoms with E-state index in [4.69, 9.17) is 28.4 Å². The second kappa shape index (κ2) is 5.69. The van der Waals surface area contributed by atoms with Gasteiger partial charge in [-0.15, -0.1) is 0 Å². The first-order valence-corrected chi connectivity index (χ1v) is 8.19. The van der Waals surface area contributed by atoms with Crippen LogP contribution >= 0.6 is 0 Å². The minimum atomic E-state index is 0.0000385. The fourth-order valence-electron chi connectivity index (χ4n) is 3.40. The Bertz CT molecular complexity index is 367. The van der Waals surface area contributed by atoms with E-state index in [9.17, 15) is 0 Å². The average Bonchev–Trinajstić information content (AvgIpc) is 3.01. The van der Waals surface area contributed by atoms with Crippen molar-refractivity contribution in [2.75, 3.05) is 52.9 Å². The molecule has 0 bridgehead atoms. The third-order valence-electron chi connectivity index (χ3n) is 5.06. The Kier molecular flexibility index (Phi) is 3.95. The van der Waals surface area contributed by atoms with Crippen LogP contribution < -0.4 is 0 Å². The number of ether oxygens (including phenoxy) is 6. The predicted octanol–water partition coefficient (Wildman–Crippen LogP) is 0.627. The average molecular weight is 314 g/mol. The quantitative estimate of drug-likeness (QED) is 0.717. The maximum atomic E-state index is 6.04. The van der Waals surface area contributed by atoms with Crippen molar-refractivity contribution in [1.82, 2.24) is 0 Å². The summed E-state index contributed by atoms with van der Waals surface area (Å²) < 4.78 is 34.4. The number of hydrogen-bond donors (Lipinski definition) is 0. The van der Waals surface area contributed by atoms with E-state index in [0.717, 1.165) is 26.4 Å². The Morgan fingerprint density at radius 1 is 0.773 bits per heavy atom. The molecule has 0 amide bonds. The van der Waals surface area contributed by atoms with Crippen LogP contribution in [-0.4, -0.2) is 77.3 Å². The topological polar surface area (TPSA) is 55.4 Å². The van der Waals surface area contributed by atoms with E-state index in [-0.39, 0.29) is 35.2 Å². The molecule has 4 heterocycles. The molecule has 4 atom stereocenters. The second-order valence-corrected chi connectivity index (χ2v) is 7.90. The summed E-state index contributed by atoms with van der Waals surface area (Å²) in [5, 5.41) is 0. The van der Waals surface area contributed by atoms with Crippen molar-refractivity contribution in [3.05, 3.63) is 0 Å². The van der Waals surface area contributed by atoms with Crippen LogP contribution in [0.25, 0.3) is 0 Å². The van der Waals surface area contributed by atoms with Gasteiger partial charge in [0.05, 0.1) is 52.9 Å². The highest BCUT2D eigenvalue weighted by Gasteiger charge is 2.50. The fourth-order valence-corrected chi connectivity index (χ4v) is 3.40. The second-order valence-electron chi connectivity index (χ2n) is 7.90. The Morgan fingerprint density at radius 3 is 1.50 bits per heavy atom. The van der Waals surface area contributed by atoms with Crippen LogP contribution in [0.4, 0.5) is 0 Å². The van der Waals surface area contributed by atoms with Crippen molar-refractivity contribution in [3.8, 4) is 0 Å². The third-order valence-corrected chi connectivity index (χ3v) is 5.06. The molecular formula is C16H26O6. The summed E-state index contributed by atoms with van der Waals surface area (Å²) in [7, 11) is 0. The van der Waals surface area contributed by atoms with E-state index in [0.29, 0.717) is 26.4 Å². The van der Waals surface area contributed by atoms with Gasteiger partial charge in [-0.25, -0.2) is 0 Å². The fraction of sp³-hybridized carbons (Fsp3) is 1.00. The van der Waals surface area contributed by atoms with Gasteiger partial charge in [-0.1, -0.05) is 13.8 Å². The van der Waals surface area contributed by atoms with Crippen molar-refractivity contribution in [3.63, 3.8) is 0 Å². The van der Waals surface area contributed by atoms with E-state index in [2.05, 4.69) is 13.8 Å². The molecule has 6 nitrogen and oxygen atoms in total. The Labute approximate surface area is 131 Å². The summed E-state index contributed by atoms with van der Waals surface area (Å²) in [5.74, 6) is 0. The molecule has 0 aromatic carbocycles. The molecule has 22 heavy (non-hydrogen) atoms. The molecule has 4 rings (SSSR count). The number of hydrogen-bond acceptors (Lipinski definition) is 6. The van der Waals surface area contributed by atoms with Crippen molar-refractivity contribution >= 4 is 0 Å². The van der Waals surface area contributed by atoms with Gasteiger partial charge in [-0.2, -0.15) is 0 Å². The molecule has 6 heteroatoms. The molecule has 0 spiro atoms. The van der Waals surface area contributed by atoms with Gasteiger partial charge in [0, 0.05) is 10.8 Å². The molecule has 0 aromatic rings. The van der Waals surface area contributed by atoms with Gasteiger partial charge < -0.3 is 28.4 Å². The molecular weight excluding hydrogens is 288 g/mol. The third kappa shape index (κ3) is 2.81. The zero-order chi connectivity index (χ0) is 15.2. The van der Waals surface area contributed by atoms with Gasteiger partial charge in [0.2, 0.25) is 0 Å². The summed E-state index contributed by atoms with van der Waals surface area (Å²) in [5.41, 5.74) is 0.316. The highest BCUT2D eigenvalue weighted by atomic mass is 16.6. The normalized spacial score (nSPS) is 41.7. The summed E-state index contributed by atoms with van der Waals surface area (Å²) in [6.45, 7) is 10.1. The Morgan fingerprint density at radius 2 is 1.18 bits per heavy atom. The molecule has 0 saturated carbocycles. The first-order chi connectivity index (χ1) is 10.6. The summed E-state index contributed by atoms with van der Waals surface area (Å²) in [6.07, 6.45) is 0.0254. The number of rotatable bonds is 6. The molecule has 0 N–H and O–H groups in total. The lowest BCUT2D eigenvalue weighted by Crippen LogP contribution is -2.46. The molecule has 0 aliphatic carbocycles. The van der Waals surface area contributed by atoms with Crippen molar-refractivity contribution in [2.45, 2.75) is 38.3 Å². The van der Waals surface area contributed by atoms with Crippen LogP contribution in [0.1, 0.15) is 13.8 Å². The minimum absolute atomic E-state index is 0.0000385. The van der Waals surface area contributed by atoms with Crippen LogP contribution in [0, 0.1) is 10.8 Å². The van der Waals surface area contributed by atoms with Gasteiger partial charge in [-0.3, -0.25) is 0 Å². The maximum Gasteiger partial charge on any atom is 0.115 e. The van der Waals surface area contributed by atoms with Gasteiger partial charge >= 0.3 is 0 Å². The molecule has 4 fully saturated rings. The van der Waals surface area contributed by atoms with Crippen LogP contribution in [0.15, 0.2) is 0 Å². The van der Waals surface area contributed by atoms with Crippen molar-refractivity contribution in [1.29, 1.82) is 0 Å². The summed E-state index contributed by atoms with van der Waals surface area (Å²) in [4.78, 5) is 0. The van der Waals surface area contributed by atoms with E-state index in [1.165, 1.54) is 0 Å². The Hall–Kier alpha value is -0.240. The predicted molar refractivity (Wildman–Crippen MR) is 76.8 cm³/mol. The zero-order valence-electron chi connectivity index (χ0n) is 13.4. The van der Waals surface area contributed by atoms with E-state index >= 15 is 0 Å².